The van der Waals surface area contributed by atoms with Gasteiger partial charge in [-0.3, -0.25) is 4.79 Å². The van der Waals surface area contributed by atoms with Gasteiger partial charge in [-0.15, -0.1) is 10.2 Å². The Hall–Kier alpha value is -0.820. The zero-order chi connectivity index (χ0) is 15.9. The molecule has 0 unspecified atom stereocenters. The molecule has 128 valence electrons. The van der Waals surface area contributed by atoms with E-state index in [1.807, 2.05) is 4.90 Å². The van der Waals surface area contributed by atoms with Crippen LogP contribution in [0.2, 0.25) is 0 Å². The smallest absolute Gasteiger partial charge is 0.233 e. The number of hydrogen-bond acceptors (Lipinski definition) is 6. The fraction of sp³-hybridized carbons (Fsp3) is 0.812. The lowest BCUT2D eigenvalue weighted by molar-refractivity contribution is -0.128. The van der Waals surface area contributed by atoms with Gasteiger partial charge in [0.1, 0.15) is 0 Å². The fourth-order valence-corrected chi connectivity index (χ4v) is 5.01. The van der Waals surface area contributed by atoms with E-state index in [0.29, 0.717) is 11.8 Å². The standard InChI is InChI=1S/C16H26N4OS2/c21-14(20-10-6-1-2-7-11-20)12-22-16-19-18-15(23-16)17-13-8-4-3-5-9-13/h13H,1-12H2,(H,17,18). The van der Waals surface area contributed by atoms with Crippen LogP contribution in [-0.4, -0.2) is 45.9 Å². The van der Waals surface area contributed by atoms with E-state index in [4.69, 9.17) is 0 Å². The summed E-state index contributed by atoms with van der Waals surface area (Å²) in [5.41, 5.74) is 0. The predicted octanol–water partition coefficient (Wildman–Crippen LogP) is 3.78. The summed E-state index contributed by atoms with van der Waals surface area (Å²) in [4.78, 5) is 14.3. The van der Waals surface area contributed by atoms with E-state index in [9.17, 15) is 4.79 Å². The number of carbonyl (C=O) groups excluding carboxylic acids is 1. The van der Waals surface area contributed by atoms with Crippen molar-refractivity contribution in [2.75, 3.05) is 24.2 Å². The molecule has 1 aromatic heterocycles. The molecule has 1 amide bonds. The molecule has 3 rings (SSSR count). The maximum atomic E-state index is 12.3. The molecular formula is C16H26N4OS2. The van der Waals surface area contributed by atoms with Crippen LogP contribution in [0.5, 0.6) is 0 Å². The van der Waals surface area contributed by atoms with E-state index >= 15 is 0 Å². The largest absolute Gasteiger partial charge is 0.357 e. The van der Waals surface area contributed by atoms with Crippen molar-refractivity contribution < 1.29 is 4.79 Å². The molecule has 2 aliphatic rings. The molecule has 1 saturated heterocycles. The molecule has 1 saturated carbocycles. The third-order valence-corrected chi connectivity index (χ3v) is 6.59. The van der Waals surface area contributed by atoms with Crippen LogP contribution in [0.4, 0.5) is 5.13 Å². The van der Waals surface area contributed by atoms with Crippen molar-refractivity contribution in [1.82, 2.24) is 15.1 Å². The Bertz CT molecular complexity index is 494. The second-order valence-electron chi connectivity index (χ2n) is 6.44. The Morgan fingerprint density at radius 1 is 1.09 bits per heavy atom. The minimum atomic E-state index is 0.244. The summed E-state index contributed by atoms with van der Waals surface area (Å²) >= 11 is 3.10. The lowest BCUT2D eigenvalue weighted by atomic mass is 9.96. The van der Waals surface area contributed by atoms with Crippen LogP contribution in [0, 0.1) is 0 Å². The van der Waals surface area contributed by atoms with Crippen LogP contribution in [-0.2, 0) is 4.79 Å². The first-order valence-corrected chi connectivity index (χ1v) is 10.6. The summed E-state index contributed by atoms with van der Waals surface area (Å²) in [5.74, 6) is 0.729. The number of hydrogen-bond donors (Lipinski definition) is 1. The number of aromatic nitrogens is 2. The average molecular weight is 355 g/mol. The minimum Gasteiger partial charge on any atom is -0.357 e. The number of nitrogens with zero attached hydrogens (tertiary/aromatic N) is 3. The summed E-state index contributed by atoms with van der Waals surface area (Å²) in [6, 6.07) is 0.549. The SMILES string of the molecule is O=C(CSc1nnc(NC2CCCCC2)s1)N1CCCCCC1. The highest BCUT2D eigenvalue weighted by Gasteiger charge is 2.18. The van der Waals surface area contributed by atoms with Gasteiger partial charge in [-0.05, 0) is 25.7 Å². The van der Waals surface area contributed by atoms with Gasteiger partial charge in [0.2, 0.25) is 11.0 Å². The van der Waals surface area contributed by atoms with Crippen LogP contribution in [0.3, 0.4) is 0 Å². The quantitative estimate of drug-likeness (QED) is 0.816. The van der Waals surface area contributed by atoms with Crippen LogP contribution in [0.1, 0.15) is 57.8 Å². The Kier molecular flexibility index (Phi) is 6.56. The molecule has 1 aliphatic heterocycles. The van der Waals surface area contributed by atoms with Gasteiger partial charge in [0, 0.05) is 19.1 Å². The minimum absolute atomic E-state index is 0.244. The van der Waals surface area contributed by atoms with Crippen molar-refractivity contribution >= 4 is 34.1 Å². The van der Waals surface area contributed by atoms with Crippen LogP contribution >= 0.6 is 23.1 Å². The Labute approximate surface area is 146 Å². The molecule has 2 fully saturated rings. The van der Waals surface area contributed by atoms with Gasteiger partial charge in [0.25, 0.3) is 0 Å². The summed E-state index contributed by atoms with van der Waals surface area (Å²) < 4.78 is 0.895. The van der Waals surface area contributed by atoms with Gasteiger partial charge in [0.15, 0.2) is 4.34 Å². The molecule has 1 aromatic rings. The van der Waals surface area contributed by atoms with E-state index < -0.39 is 0 Å². The maximum absolute atomic E-state index is 12.3. The number of nitrogens with one attached hydrogen (secondary N) is 1. The molecule has 1 aliphatic carbocycles. The van der Waals surface area contributed by atoms with Crippen molar-refractivity contribution in [3.05, 3.63) is 0 Å². The van der Waals surface area contributed by atoms with Gasteiger partial charge >= 0.3 is 0 Å². The van der Waals surface area contributed by atoms with E-state index in [-0.39, 0.29) is 5.91 Å². The molecular weight excluding hydrogens is 328 g/mol. The highest BCUT2D eigenvalue weighted by Crippen LogP contribution is 2.28. The average Bonchev–Trinajstić information content (AvgIpc) is 2.84. The molecule has 0 spiro atoms. The summed E-state index contributed by atoms with van der Waals surface area (Å²) in [5, 5.41) is 12.8. The van der Waals surface area contributed by atoms with Crippen molar-refractivity contribution in [3.63, 3.8) is 0 Å². The van der Waals surface area contributed by atoms with Crippen LogP contribution in [0.15, 0.2) is 4.34 Å². The normalized spacial score (nSPS) is 20.3. The van der Waals surface area contributed by atoms with Crippen molar-refractivity contribution in [1.29, 1.82) is 0 Å². The maximum Gasteiger partial charge on any atom is 0.233 e. The third-order valence-electron chi connectivity index (χ3n) is 4.62. The molecule has 5 nitrogen and oxygen atoms in total. The van der Waals surface area contributed by atoms with Gasteiger partial charge in [0.05, 0.1) is 5.75 Å². The first kappa shape index (κ1) is 17.0. The van der Waals surface area contributed by atoms with E-state index in [0.717, 1.165) is 35.4 Å². The highest BCUT2D eigenvalue weighted by atomic mass is 32.2. The van der Waals surface area contributed by atoms with E-state index in [2.05, 4.69) is 15.5 Å². The van der Waals surface area contributed by atoms with E-state index in [1.165, 1.54) is 56.7 Å². The Balaban J connectivity index is 1.43. The topological polar surface area (TPSA) is 58.1 Å². The molecule has 0 aromatic carbocycles. The number of thioether (sulfide) groups is 1. The lowest BCUT2D eigenvalue weighted by Crippen LogP contribution is -2.33. The Morgan fingerprint density at radius 2 is 1.78 bits per heavy atom. The zero-order valence-electron chi connectivity index (χ0n) is 13.6. The molecule has 0 radical (unpaired) electrons. The predicted molar refractivity (Wildman–Crippen MR) is 96.2 cm³/mol. The molecule has 0 atom stereocenters. The van der Waals surface area contributed by atoms with Gasteiger partial charge in [-0.1, -0.05) is 55.2 Å². The summed E-state index contributed by atoms with van der Waals surface area (Å²) in [6.07, 6.45) is 11.2. The van der Waals surface area contributed by atoms with E-state index in [1.54, 1.807) is 11.3 Å². The van der Waals surface area contributed by atoms with Crippen molar-refractivity contribution in [3.8, 4) is 0 Å². The van der Waals surface area contributed by atoms with Crippen molar-refractivity contribution in [2.24, 2.45) is 0 Å². The lowest BCUT2D eigenvalue weighted by Gasteiger charge is -2.21. The van der Waals surface area contributed by atoms with Gasteiger partial charge in [-0.25, -0.2) is 0 Å². The molecule has 7 heteroatoms. The first-order chi connectivity index (χ1) is 11.3. The molecule has 23 heavy (non-hydrogen) atoms. The summed E-state index contributed by atoms with van der Waals surface area (Å²) in [7, 11) is 0. The monoisotopic (exact) mass is 354 g/mol. The van der Waals surface area contributed by atoms with Crippen LogP contribution in [0.25, 0.3) is 0 Å². The fourth-order valence-electron chi connectivity index (χ4n) is 3.28. The second-order valence-corrected chi connectivity index (χ2v) is 8.64. The number of anilines is 1. The second kappa shape index (κ2) is 8.87. The third kappa shape index (κ3) is 5.35. The van der Waals surface area contributed by atoms with Gasteiger partial charge in [-0.2, -0.15) is 0 Å². The summed E-state index contributed by atoms with van der Waals surface area (Å²) in [6.45, 7) is 1.84. The van der Waals surface area contributed by atoms with Crippen LogP contribution < -0.4 is 5.32 Å². The molecule has 1 N–H and O–H groups in total. The molecule has 2 heterocycles. The number of amides is 1. The zero-order valence-corrected chi connectivity index (χ0v) is 15.3. The van der Waals surface area contributed by atoms with Gasteiger partial charge < -0.3 is 10.2 Å². The molecule has 0 bridgehead atoms. The number of rotatable bonds is 5. The van der Waals surface area contributed by atoms with Crippen molar-refractivity contribution in [2.45, 2.75) is 68.2 Å². The highest BCUT2D eigenvalue weighted by molar-refractivity contribution is 8.01. The number of likely N-dealkylation sites (tertiary alicyclic amines) is 1. The first-order valence-electron chi connectivity index (χ1n) is 8.82. The Morgan fingerprint density at radius 3 is 2.52 bits per heavy atom. The number of carbonyl (C=O) groups is 1.